The molecule has 0 aromatic carbocycles. The number of nitrogens with two attached hydrogens (primary N) is 3. The van der Waals surface area contributed by atoms with Crippen LogP contribution in [0, 0.1) is 0 Å². The number of aliphatic hydroxyl groups is 2. The number of guanidine groups is 1. The van der Waals surface area contributed by atoms with Crippen LogP contribution >= 0.6 is 11.8 Å². The van der Waals surface area contributed by atoms with Crippen molar-refractivity contribution in [3.63, 3.8) is 0 Å². The number of nitrogens with zero attached hydrogens (tertiary/aromatic N) is 2. The summed E-state index contributed by atoms with van der Waals surface area (Å²) >= 11 is 0.935. The Hall–Kier alpha value is -2.77. The molecule has 1 unspecified atom stereocenters. The van der Waals surface area contributed by atoms with Gasteiger partial charge < -0.3 is 32.2 Å². The second kappa shape index (κ2) is 9.43. The van der Waals surface area contributed by atoms with E-state index >= 15 is 0 Å². The van der Waals surface area contributed by atoms with Crippen molar-refractivity contribution >= 4 is 23.7 Å². The van der Waals surface area contributed by atoms with Crippen LogP contribution in [0.2, 0.25) is 0 Å². The molecular weight excluding hydrogens is 392 g/mol. The molecule has 0 aliphatic carbocycles. The summed E-state index contributed by atoms with van der Waals surface area (Å²) in [7, 11) is 0. The summed E-state index contributed by atoms with van der Waals surface area (Å²) in [5, 5.41) is 19.3. The third-order valence-corrected chi connectivity index (χ3v) is 5.18. The van der Waals surface area contributed by atoms with Crippen molar-refractivity contribution in [3.8, 4) is 0 Å². The molecule has 0 saturated carbocycles. The Bertz CT molecular complexity index is 889. The lowest BCUT2D eigenvalue weighted by atomic mass is 10.2. The normalized spacial score (nSPS) is 20.1. The number of esters is 1. The highest BCUT2D eigenvalue weighted by Crippen LogP contribution is 2.43. The van der Waals surface area contributed by atoms with Gasteiger partial charge in [0, 0.05) is 18.8 Å². The van der Waals surface area contributed by atoms with Gasteiger partial charge in [-0.05, 0) is 12.8 Å². The molecule has 0 radical (unpaired) electrons. The van der Waals surface area contributed by atoms with Crippen molar-refractivity contribution in [2.45, 2.75) is 30.4 Å². The smallest absolute Gasteiger partial charge is 0.329 e. The molecule has 0 bridgehead atoms. The molecule has 3 atom stereocenters. The van der Waals surface area contributed by atoms with Gasteiger partial charge in [0.1, 0.15) is 29.9 Å². The van der Waals surface area contributed by atoms with Gasteiger partial charge in [-0.3, -0.25) is 24.1 Å². The van der Waals surface area contributed by atoms with E-state index in [0.29, 0.717) is 19.4 Å². The van der Waals surface area contributed by atoms with Crippen molar-refractivity contribution in [2.24, 2.45) is 22.2 Å². The Kier molecular flexibility index (Phi) is 7.25. The highest BCUT2D eigenvalue weighted by Gasteiger charge is 2.37. The highest BCUT2D eigenvalue weighted by molar-refractivity contribution is 8.03. The molecule has 2 rings (SSSR count). The number of carbonyl (C=O) groups excluding carboxylic acids is 1. The maximum atomic E-state index is 12.0. The fraction of sp³-hybridized carbons (Fsp3) is 0.467. The molecule has 1 aliphatic rings. The minimum absolute atomic E-state index is 0.0495. The maximum Gasteiger partial charge on any atom is 0.329 e. The number of aliphatic hydroxyl groups excluding tert-OH is 2. The lowest BCUT2D eigenvalue weighted by Crippen LogP contribution is -2.34. The van der Waals surface area contributed by atoms with Crippen molar-refractivity contribution in [3.05, 3.63) is 43.8 Å². The summed E-state index contributed by atoms with van der Waals surface area (Å²) in [4.78, 5) is 41.0. The van der Waals surface area contributed by atoms with E-state index in [1.54, 1.807) is 0 Å². The number of thioether (sulfide) groups is 1. The summed E-state index contributed by atoms with van der Waals surface area (Å²) in [5.41, 5.74) is 14.8. The minimum atomic E-state index is -1.41. The molecule has 28 heavy (non-hydrogen) atoms. The van der Waals surface area contributed by atoms with Gasteiger partial charge in [0.05, 0.1) is 4.91 Å². The minimum Gasteiger partial charge on any atom is -0.508 e. The van der Waals surface area contributed by atoms with Crippen molar-refractivity contribution in [1.29, 1.82) is 0 Å². The molecule has 2 heterocycles. The zero-order chi connectivity index (χ0) is 20.8. The number of carbonyl (C=O) groups is 1. The first-order valence-corrected chi connectivity index (χ1v) is 9.14. The van der Waals surface area contributed by atoms with Gasteiger partial charge >= 0.3 is 11.7 Å². The van der Waals surface area contributed by atoms with Crippen LogP contribution in [0.4, 0.5) is 0 Å². The van der Waals surface area contributed by atoms with Gasteiger partial charge in [-0.1, -0.05) is 11.8 Å². The van der Waals surface area contributed by atoms with Gasteiger partial charge in [-0.25, -0.2) is 4.79 Å². The standard InChI is InChI=1S/C15H22N6O6S/c16-7(2-1-4-19-14(17)18)13(25)27-6-8-10(23)11(24)12(28-8)21-5-3-9(22)20-15(21)26/h3,5,7,11-12,23-24H,1-2,4,6,16H2,(H4,17,18,19)(H,20,22,26)/t7-,11?,12+/m0/s1. The monoisotopic (exact) mass is 414 g/mol. The molecule has 1 aliphatic heterocycles. The fourth-order valence-electron chi connectivity index (χ4n) is 2.40. The molecule has 12 nitrogen and oxygen atoms in total. The zero-order valence-electron chi connectivity index (χ0n) is 14.8. The van der Waals surface area contributed by atoms with E-state index in [-0.39, 0.29) is 17.5 Å². The number of aliphatic imine (C=N–C) groups is 1. The average Bonchev–Trinajstić information content (AvgIpc) is 2.91. The van der Waals surface area contributed by atoms with Crippen LogP contribution in [-0.4, -0.2) is 57.0 Å². The lowest BCUT2D eigenvalue weighted by molar-refractivity contribution is -0.144. The zero-order valence-corrected chi connectivity index (χ0v) is 15.6. The van der Waals surface area contributed by atoms with Crippen LogP contribution in [0.25, 0.3) is 0 Å². The second-order valence-electron chi connectivity index (χ2n) is 5.94. The fourth-order valence-corrected chi connectivity index (χ4v) is 3.59. The third kappa shape index (κ3) is 5.37. The Morgan fingerprint density at radius 3 is 2.79 bits per heavy atom. The van der Waals surface area contributed by atoms with E-state index in [1.807, 2.05) is 0 Å². The van der Waals surface area contributed by atoms with Gasteiger partial charge in [0.25, 0.3) is 5.56 Å². The summed E-state index contributed by atoms with van der Waals surface area (Å²) < 4.78 is 6.14. The van der Waals surface area contributed by atoms with Gasteiger partial charge in [-0.15, -0.1) is 0 Å². The quantitative estimate of drug-likeness (QED) is 0.117. The van der Waals surface area contributed by atoms with E-state index in [4.69, 9.17) is 21.9 Å². The Morgan fingerprint density at radius 2 is 2.14 bits per heavy atom. The van der Waals surface area contributed by atoms with E-state index in [9.17, 15) is 24.6 Å². The molecular formula is C15H22N6O6S. The molecule has 0 spiro atoms. The number of H-pyrrole nitrogens is 1. The Balaban J connectivity index is 1.91. The first-order valence-electron chi connectivity index (χ1n) is 8.26. The summed E-state index contributed by atoms with van der Waals surface area (Å²) in [6, 6.07) is 0.219. The predicted molar refractivity (Wildman–Crippen MR) is 102 cm³/mol. The van der Waals surface area contributed by atoms with E-state index in [1.165, 1.54) is 6.20 Å². The Morgan fingerprint density at radius 1 is 1.43 bits per heavy atom. The van der Waals surface area contributed by atoms with Crippen LogP contribution in [0.1, 0.15) is 18.2 Å². The van der Waals surface area contributed by atoms with E-state index in [0.717, 1.165) is 22.4 Å². The number of nitrogens with one attached hydrogen (secondary N) is 1. The summed E-state index contributed by atoms with van der Waals surface area (Å²) in [6.45, 7) is 0.00942. The SMILES string of the molecule is NC(N)=NCCC[C@H](N)C(=O)OCC1=C(O)C(O)[C@H](n2ccc(=O)[nH]c2=O)S1. The molecule has 13 heteroatoms. The molecule has 0 saturated heterocycles. The topological polar surface area (TPSA) is 212 Å². The third-order valence-electron chi connectivity index (χ3n) is 3.84. The number of aromatic amines is 1. The first kappa shape index (κ1) is 21.5. The molecule has 154 valence electrons. The summed E-state index contributed by atoms with van der Waals surface area (Å²) in [5.74, 6) is -1.15. The Labute approximate surface area is 163 Å². The highest BCUT2D eigenvalue weighted by atomic mass is 32.2. The van der Waals surface area contributed by atoms with Crippen LogP contribution in [0.5, 0.6) is 0 Å². The average molecular weight is 414 g/mol. The largest absolute Gasteiger partial charge is 0.508 e. The second-order valence-corrected chi connectivity index (χ2v) is 7.15. The van der Waals surface area contributed by atoms with Gasteiger partial charge in [0.2, 0.25) is 0 Å². The first-order chi connectivity index (χ1) is 13.2. The molecule has 9 N–H and O–H groups in total. The van der Waals surface area contributed by atoms with Crippen LogP contribution in [0.3, 0.4) is 0 Å². The van der Waals surface area contributed by atoms with E-state index in [2.05, 4.69) is 9.98 Å². The number of hydrogen-bond donors (Lipinski definition) is 6. The van der Waals surface area contributed by atoms with Crippen molar-refractivity contribution in [1.82, 2.24) is 9.55 Å². The van der Waals surface area contributed by atoms with Crippen molar-refractivity contribution < 1.29 is 19.7 Å². The van der Waals surface area contributed by atoms with Crippen LogP contribution in [-0.2, 0) is 9.53 Å². The number of hydrogen-bond acceptors (Lipinski definition) is 9. The van der Waals surface area contributed by atoms with Gasteiger partial charge in [0.15, 0.2) is 5.96 Å². The maximum absolute atomic E-state index is 12.0. The van der Waals surface area contributed by atoms with E-state index < -0.39 is 40.5 Å². The summed E-state index contributed by atoms with van der Waals surface area (Å²) in [6.07, 6.45) is 0.575. The van der Waals surface area contributed by atoms with Crippen molar-refractivity contribution in [2.75, 3.05) is 13.2 Å². The van der Waals surface area contributed by atoms with Gasteiger partial charge in [-0.2, -0.15) is 0 Å². The molecule has 1 aromatic rings. The number of ether oxygens (including phenoxy) is 1. The number of rotatable bonds is 8. The van der Waals surface area contributed by atoms with Crippen LogP contribution in [0.15, 0.2) is 37.5 Å². The lowest BCUT2D eigenvalue weighted by Gasteiger charge is -2.16. The molecule has 0 amide bonds. The molecule has 1 aromatic heterocycles. The number of aromatic nitrogens is 2. The molecule has 0 fully saturated rings. The predicted octanol–water partition coefficient (Wildman–Crippen LogP) is -2.16. The van der Waals surface area contributed by atoms with Crippen LogP contribution < -0.4 is 28.5 Å².